The molecule has 1 unspecified atom stereocenters. The van der Waals surface area contributed by atoms with Gasteiger partial charge in [0.05, 0.1) is 4.88 Å². The number of nitrogens with zero attached hydrogens (tertiary/aromatic N) is 1. The number of piperidine rings is 1. The zero-order valence-corrected chi connectivity index (χ0v) is 14.3. The first kappa shape index (κ1) is 17.5. The Kier molecular flexibility index (Phi) is 6.15. The summed E-state index contributed by atoms with van der Waals surface area (Å²) in [6.07, 6.45) is 1.26. The van der Waals surface area contributed by atoms with Crippen LogP contribution in [0.15, 0.2) is 17.5 Å². The highest BCUT2D eigenvalue weighted by Gasteiger charge is 2.29. The molecule has 1 aromatic rings. The molecule has 126 valence electrons. The molecule has 0 radical (unpaired) electrons. The molecule has 2 rings (SSSR count). The number of hydrogen-bond acceptors (Lipinski definition) is 4. The summed E-state index contributed by atoms with van der Waals surface area (Å²) in [5.74, 6) is -0.382. The molecule has 0 aromatic carbocycles. The number of carbonyl (C=O) groups is 3. The van der Waals surface area contributed by atoms with E-state index in [0.29, 0.717) is 32.5 Å². The van der Waals surface area contributed by atoms with Gasteiger partial charge in [-0.1, -0.05) is 6.07 Å². The highest BCUT2D eigenvalue weighted by Crippen LogP contribution is 2.21. The quantitative estimate of drug-likeness (QED) is 0.848. The molecule has 1 saturated heterocycles. The van der Waals surface area contributed by atoms with Crippen molar-refractivity contribution in [3.63, 3.8) is 0 Å². The molecule has 1 fully saturated rings. The zero-order valence-electron chi connectivity index (χ0n) is 13.5. The Bertz CT molecular complexity index is 551. The van der Waals surface area contributed by atoms with E-state index in [9.17, 15) is 14.4 Å². The molecule has 1 aromatic heterocycles. The van der Waals surface area contributed by atoms with Crippen LogP contribution >= 0.6 is 11.3 Å². The molecule has 2 N–H and O–H groups in total. The lowest BCUT2D eigenvalue weighted by molar-refractivity contribution is -0.131. The van der Waals surface area contributed by atoms with Gasteiger partial charge >= 0.3 is 0 Å². The predicted octanol–water partition coefficient (Wildman–Crippen LogP) is 1.24. The van der Waals surface area contributed by atoms with Crippen LogP contribution in [0.2, 0.25) is 0 Å². The maximum Gasteiger partial charge on any atom is 0.263 e. The Labute approximate surface area is 140 Å². The fraction of sp³-hybridized carbons (Fsp3) is 0.562. The van der Waals surface area contributed by atoms with Crippen LogP contribution in [0.25, 0.3) is 0 Å². The van der Waals surface area contributed by atoms with Crippen molar-refractivity contribution in [2.45, 2.75) is 32.7 Å². The lowest BCUT2D eigenvalue weighted by atomic mass is 9.95. The minimum Gasteiger partial charge on any atom is -0.355 e. The number of likely N-dealkylation sites (N-methyl/N-ethyl adjacent to an activating group) is 1. The first-order chi connectivity index (χ1) is 11.0. The number of amides is 3. The predicted molar refractivity (Wildman–Crippen MR) is 89.2 cm³/mol. The van der Waals surface area contributed by atoms with Crippen molar-refractivity contribution < 1.29 is 14.4 Å². The van der Waals surface area contributed by atoms with Gasteiger partial charge in [-0.3, -0.25) is 14.4 Å². The molecule has 0 aliphatic carbocycles. The summed E-state index contributed by atoms with van der Waals surface area (Å²) in [6, 6.07) is 3.15. The SMILES string of the molecule is CCNC(=O)C(C)NC(=O)C1CCN(C(=O)c2cccs2)CC1. The van der Waals surface area contributed by atoms with Crippen LogP contribution in [-0.2, 0) is 9.59 Å². The van der Waals surface area contributed by atoms with E-state index in [4.69, 9.17) is 0 Å². The van der Waals surface area contributed by atoms with Gasteiger partial charge in [0.2, 0.25) is 11.8 Å². The van der Waals surface area contributed by atoms with Crippen LogP contribution < -0.4 is 10.6 Å². The molecular weight excluding hydrogens is 314 g/mol. The molecule has 1 aliphatic heterocycles. The minimum atomic E-state index is -0.534. The van der Waals surface area contributed by atoms with Crippen molar-refractivity contribution in [1.29, 1.82) is 0 Å². The Balaban J connectivity index is 1.81. The van der Waals surface area contributed by atoms with Gasteiger partial charge in [0, 0.05) is 25.6 Å². The molecule has 1 aliphatic rings. The summed E-state index contributed by atoms with van der Waals surface area (Å²) >= 11 is 1.43. The van der Waals surface area contributed by atoms with Gasteiger partial charge in [-0.05, 0) is 38.1 Å². The van der Waals surface area contributed by atoms with Crippen molar-refractivity contribution in [2.75, 3.05) is 19.6 Å². The van der Waals surface area contributed by atoms with Gasteiger partial charge in [0.25, 0.3) is 5.91 Å². The maximum atomic E-state index is 12.3. The molecule has 0 saturated carbocycles. The monoisotopic (exact) mass is 337 g/mol. The topological polar surface area (TPSA) is 78.5 Å². The molecule has 2 heterocycles. The average Bonchev–Trinajstić information content (AvgIpc) is 3.09. The Morgan fingerprint density at radius 3 is 2.61 bits per heavy atom. The lowest BCUT2D eigenvalue weighted by Gasteiger charge is -2.31. The number of carbonyl (C=O) groups excluding carboxylic acids is 3. The van der Waals surface area contributed by atoms with Crippen molar-refractivity contribution in [1.82, 2.24) is 15.5 Å². The van der Waals surface area contributed by atoms with E-state index in [1.165, 1.54) is 11.3 Å². The third-order valence-corrected chi connectivity index (χ3v) is 4.85. The molecule has 3 amide bonds. The van der Waals surface area contributed by atoms with Crippen LogP contribution in [0.3, 0.4) is 0 Å². The molecule has 6 nitrogen and oxygen atoms in total. The molecule has 1 atom stereocenters. The van der Waals surface area contributed by atoms with Crippen LogP contribution in [-0.4, -0.2) is 48.3 Å². The van der Waals surface area contributed by atoms with Gasteiger partial charge in [-0.2, -0.15) is 0 Å². The second-order valence-electron chi connectivity index (χ2n) is 5.67. The summed E-state index contributed by atoms with van der Waals surface area (Å²) in [7, 11) is 0. The van der Waals surface area contributed by atoms with Gasteiger partial charge in [0.1, 0.15) is 6.04 Å². The van der Waals surface area contributed by atoms with E-state index in [2.05, 4.69) is 10.6 Å². The minimum absolute atomic E-state index is 0.0366. The van der Waals surface area contributed by atoms with Crippen LogP contribution in [0.1, 0.15) is 36.4 Å². The van der Waals surface area contributed by atoms with E-state index in [1.54, 1.807) is 11.8 Å². The second-order valence-corrected chi connectivity index (χ2v) is 6.62. The smallest absolute Gasteiger partial charge is 0.263 e. The number of hydrogen-bond donors (Lipinski definition) is 2. The van der Waals surface area contributed by atoms with E-state index in [0.717, 1.165) is 4.88 Å². The third kappa shape index (κ3) is 4.54. The van der Waals surface area contributed by atoms with E-state index >= 15 is 0 Å². The molecule has 23 heavy (non-hydrogen) atoms. The van der Waals surface area contributed by atoms with Crippen LogP contribution in [0.5, 0.6) is 0 Å². The standard InChI is InChI=1S/C16H23N3O3S/c1-3-17-14(20)11(2)18-15(21)12-6-8-19(9-7-12)16(22)13-5-4-10-23-13/h4-5,10-12H,3,6-9H2,1-2H3,(H,17,20)(H,18,21). The summed E-state index contributed by atoms with van der Waals surface area (Å²) in [6.45, 7) is 5.21. The summed E-state index contributed by atoms with van der Waals surface area (Å²) in [4.78, 5) is 38.7. The highest BCUT2D eigenvalue weighted by atomic mass is 32.1. The Morgan fingerprint density at radius 1 is 1.35 bits per heavy atom. The van der Waals surface area contributed by atoms with Crippen molar-refractivity contribution in [2.24, 2.45) is 5.92 Å². The number of rotatable bonds is 5. The van der Waals surface area contributed by atoms with E-state index in [1.807, 2.05) is 24.4 Å². The van der Waals surface area contributed by atoms with E-state index < -0.39 is 6.04 Å². The van der Waals surface area contributed by atoms with E-state index in [-0.39, 0.29) is 23.6 Å². The summed E-state index contributed by atoms with van der Waals surface area (Å²) in [5, 5.41) is 7.32. The van der Waals surface area contributed by atoms with Crippen molar-refractivity contribution in [3.05, 3.63) is 22.4 Å². The first-order valence-corrected chi connectivity index (χ1v) is 8.81. The maximum absolute atomic E-state index is 12.3. The Morgan fingerprint density at radius 2 is 2.04 bits per heavy atom. The normalized spacial score (nSPS) is 16.7. The van der Waals surface area contributed by atoms with Crippen molar-refractivity contribution in [3.8, 4) is 0 Å². The van der Waals surface area contributed by atoms with Gasteiger partial charge in [-0.15, -0.1) is 11.3 Å². The van der Waals surface area contributed by atoms with Crippen molar-refractivity contribution >= 4 is 29.1 Å². The number of thiophene rings is 1. The molecule has 7 heteroatoms. The van der Waals surface area contributed by atoms with Gasteiger partial charge in [-0.25, -0.2) is 0 Å². The summed E-state index contributed by atoms with van der Waals surface area (Å²) < 4.78 is 0. The third-order valence-electron chi connectivity index (χ3n) is 3.99. The molecule has 0 spiro atoms. The van der Waals surface area contributed by atoms with Gasteiger partial charge in [0.15, 0.2) is 0 Å². The first-order valence-electron chi connectivity index (χ1n) is 7.93. The zero-order chi connectivity index (χ0) is 16.8. The molecular formula is C16H23N3O3S. The Hall–Kier alpha value is -1.89. The fourth-order valence-corrected chi connectivity index (χ4v) is 3.32. The van der Waals surface area contributed by atoms with Gasteiger partial charge < -0.3 is 15.5 Å². The molecule has 0 bridgehead atoms. The van der Waals surface area contributed by atoms with Crippen LogP contribution in [0, 0.1) is 5.92 Å². The summed E-state index contributed by atoms with van der Waals surface area (Å²) in [5.41, 5.74) is 0. The average molecular weight is 337 g/mol. The number of likely N-dealkylation sites (tertiary alicyclic amines) is 1. The largest absolute Gasteiger partial charge is 0.355 e. The second kappa shape index (κ2) is 8.10. The highest BCUT2D eigenvalue weighted by molar-refractivity contribution is 7.12. The number of nitrogens with one attached hydrogen (secondary N) is 2. The van der Waals surface area contributed by atoms with Crippen LogP contribution in [0.4, 0.5) is 0 Å². The lowest BCUT2D eigenvalue weighted by Crippen LogP contribution is -2.49. The fourth-order valence-electron chi connectivity index (χ4n) is 2.62.